The molecule has 62 valence electrons. The molecule has 10 heavy (non-hydrogen) atoms. The first kappa shape index (κ1) is 10.2. The van der Waals surface area contributed by atoms with Crippen molar-refractivity contribution in [2.75, 3.05) is 19.9 Å². The summed E-state index contributed by atoms with van der Waals surface area (Å²) in [6, 6.07) is 0. The maximum Gasteiger partial charge on any atom is 0.197 e. The summed E-state index contributed by atoms with van der Waals surface area (Å²) in [4.78, 5) is 0. The molecule has 0 aromatic heterocycles. The fourth-order valence-electron chi connectivity index (χ4n) is 0.349. The molecule has 0 heterocycles. The summed E-state index contributed by atoms with van der Waals surface area (Å²) in [5.74, 6) is 0. The molecule has 0 aliphatic carbocycles. The molecule has 0 spiro atoms. The van der Waals surface area contributed by atoms with E-state index in [4.69, 9.17) is 4.52 Å². The van der Waals surface area contributed by atoms with E-state index in [1.807, 2.05) is 0 Å². The highest BCUT2D eigenvalue weighted by molar-refractivity contribution is 7.57. The molecule has 0 aromatic carbocycles. The van der Waals surface area contributed by atoms with Crippen molar-refractivity contribution >= 4 is 7.37 Å². The van der Waals surface area contributed by atoms with Crippen LogP contribution in [0.5, 0.6) is 0 Å². The van der Waals surface area contributed by atoms with Crippen LogP contribution in [0.15, 0.2) is 0 Å². The lowest BCUT2D eigenvalue weighted by Crippen LogP contribution is -2.13. The first-order valence-corrected chi connectivity index (χ1v) is 5.92. The van der Waals surface area contributed by atoms with E-state index >= 15 is 0 Å². The Morgan fingerprint density at radius 2 is 1.70 bits per heavy atom. The lowest BCUT2D eigenvalue weighted by Gasteiger charge is -2.19. The van der Waals surface area contributed by atoms with Gasteiger partial charge in [-0.15, -0.1) is 0 Å². The largest absolute Gasteiger partial charge is 0.328 e. The Kier molecular flexibility index (Phi) is 3.12. The standard InChI is InChI=1S/C7H17O2P/c1-7(2,3)6-9-10(4,5)8/h6H2,1-5H3. The SMILES string of the molecule is CC(C)(C)COP(C)(C)=O. The second-order valence-electron chi connectivity index (χ2n) is 4.09. The van der Waals surface area contributed by atoms with Crippen molar-refractivity contribution in [2.45, 2.75) is 20.8 Å². The first-order chi connectivity index (χ1) is 4.21. The second kappa shape index (κ2) is 3.06. The minimum atomic E-state index is -2.26. The first-order valence-electron chi connectivity index (χ1n) is 3.40. The van der Waals surface area contributed by atoms with Crippen LogP contribution in [-0.4, -0.2) is 19.9 Å². The minimum absolute atomic E-state index is 0.113. The zero-order valence-electron chi connectivity index (χ0n) is 7.47. The molecule has 0 unspecified atom stereocenters. The highest BCUT2D eigenvalue weighted by atomic mass is 31.2. The van der Waals surface area contributed by atoms with Gasteiger partial charge in [0.25, 0.3) is 0 Å². The average Bonchev–Trinajstić information content (AvgIpc) is 1.57. The maximum absolute atomic E-state index is 11.0. The van der Waals surface area contributed by atoms with E-state index in [9.17, 15) is 4.57 Å². The average molecular weight is 164 g/mol. The number of rotatable bonds is 2. The molecule has 0 amide bonds. The van der Waals surface area contributed by atoms with Crippen LogP contribution in [0.3, 0.4) is 0 Å². The normalized spacial score (nSPS) is 13.7. The molecular formula is C7H17O2P. The molecule has 0 aliphatic heterocycles. The summed E-state index contributed by atoms with van der Waals surface area (Å²) < 4.78 is 16.2. The molecule has 0 aromatic rings. The van der Waals surface area contributed by atoms with Crippen LogP contribution in [0, 0.1) is 5.41 Å². The lowest BCUT2D eigenvalue weighted by molar-refractivity contribution is 0.203. The molecule has 0 fully saturated rings. The van der Waals surface area contributed by atoms with Crippen molar-refractivity contribution < 1.29 is 9.09 Å². The van der Waals surface area contributed by atoms with E-state index in [1.165, 1.54) is 0 Å². The van der Waals surface area contributed by atoms with Crippen LogP contribution >= 0.6 is 7.37 Å². The van der Waals surface area contributed by atoms with Gasteiger partial charge in [-0.2, -0.15) is 0 Å². The summed E-state index contributed by atoms with van der Waals surface area (Å²) in [6.45, 7) is 10.0. The van der Waals surface area contributed by atoms with E-state index in [0.717, 1.165) is 0 Å². The molecule has 0 N–H and O–H groups in total. The van der Waals surface area contributed by atoms with E-state index in [2.05, 4.69) is 20.8 Å². The number of hydrogen-bond donors (Lipinski definition) is 0. The molecule has 0 atom stereocenters. The molecule has 0 aliphatic rings. The van der Waals surface area contributed by atoms with Gasteiger partial charge in [0.2, 0.25) is 0 Å². The Morgan fingerprint density at radius 3 is 1.80 bits per heavy atom. The van der Waals surface area contributed by atoms with Crippen molar-refractivity contribution in [1.29, 1.82) is 0 Å². The van der Waals surface area contributed by atoms with Gasteiger partial charge in [0, 0.05) is 13.3 Å². The third-order valence-corrected chi connectivity index (χ3v) is 1.56. The molecule has 0 saturated heterocycles. The van der Waals surface area contributed by atoms with Gasteiger partial charge in [0.15, 0.2) is 7.37 Å². The third kappa shape index (κ3) is 8.19. The van der Waals surface area contributed by atoms with Gasteiger partial charge in [0.05, 0.1) is 6.61 Å². The Labute approximate surface area is 63.4 Å². The Morgan fingerprint density at radius 1 is 1.30 bits per heavy atom. The van der Waals surface area contributed by atoms with Gasteiger partial charge in [-0.1, -0.05) is 20.8 Å². The molecule has 2 nitrogen and oxygen atoms in total. The molecule has 0 radical (unpaired) electrons. The monoisotopic (exact) mass is 164 g/mol. The number of hydrogen-bond acceptors (Lipinski definition) is 2. The fourth-order valence-corrected chi connectivity index (χ4v) is 1.05. The van der Waals surface area contributed by atoms with Crippen molar-refractivity contribution in [2.24, 2.45) is 5.41 Å². The Hall–Kier alpha value is 0.190. The fraction of sp³-hybridized carbons (Fsp3) is 1.00. The third-order valence-electron chi connectivity index (χ3n) is 0.808. The quantitative estimate of drug-likeness (QED) is 0.586. The molecule has 3 heteroatoms. The van der Waals surface area contributed by atoms with E-state index in [-0.39, 0.29) is 5.41 Å². The van der Waals surface area contributed by atoms with E-state index < -0.39 is 7.37 Å². The van der Waals surface area contributed by atoms with Crippen molar-refractivity contribution in [3.8, 4) is 0 Å². The van der Waals surface area contributed by atoms with Crippen LogP contribution in [0.2, 0.25) is 0 Å². The van der Waals surface area contributed by atoms with Crippen LogP contribution in [-0.2, 0) is 9.09 Å². The zero-order chi connectivity index (χ0) is 8.41. The van der Waals surface area contributed by atoms with E-state index in [0.29, 0.717) is 6.61 Å². The van der Waals surface area contributed by atoms with Crippen LogP contribution in [0.1, 0.15) is 20.8 Å². The highest BCUT2D eigenvalue weighted by Crippen LogP contribution is 2.38. The predicted octanol–water partition coefficient (Wildman–Crippen LogP) is 2.59. The van der Waals surface area contributed by atoms with Gasteiger partial charge in [-0.3, -0.25) is 4.57 Å². The zero-order valence-corrected chi connectivity index (χ0v) is 8.37. The smallest absolute Gasteiger partial charge is 0.197 e. The van der Waals surface area contributed by atoms with E-state index in [1.54, 1.807) is 13.3 Å². The summed E-state index contributed by atoms with van der Waals surface area (Å²) in [5.41, 5.74) is 0.113. The van der Waals surface area contributed by atoms with Gasteiger partial charge >= 0.3 is 0 Å². The minimum Gasteiger partial charge on any atom is -0.328 e. The molecule has 0 rings (SSSR count). The summed E-state index contributed by atoms with van der Waals surface area (Å²) in [5, 5.41) is 0. The summed E-state index contributed by atoms with van der Waals surface area (Å²) in [6.07, 6.45) is 0. The Bertz CT molecular complexity index is 140. The van der Waals surface area contributed by atoms with Crippen LogP contribution < -0.4 is 0 Å². The van der Waals surface area contributed by atoms with Gasteiger partial charge in [-0.05, 0) is 5.41 Å². The van der Waals surface area contributed by atoms with Crippen LogP contribution in [0.4, 0.5) is 0 Å². The topological polar surface area (TPSA) is 26.3 Å². The lowest BCUT2D eigenvalue weighted by atomic mass is 9.99. The highest BCUT2D eigenvalue weighted by Gasteiger charge is 2.15. The van der Waals surface area contributed by atoms with Gasteiger partial charge in [-0.25, -0.2) is 0 Å². The van der Waals surface area contributed by atoms with Crippen molar-refractivity contribution in [3.05, 3.63) is 0 Å². The van der Waals surface area contributed by atoms with Gasteiger partial charge < -0.3 is 4.52 Å². The van der Waals surface area contributed by atoms with Crippen molar-refractivity contribution in [1.82, 2.24) is 0 Å². The summed E-state index contributed by atoms with van der Waals surface area (Å²) in [7, 11) is -2.26. The van der Waals surface area contributed by atoms with Crippen LogP contribution in [0.25, 0.3) is 0 Å². The Balaban J connectivity index is 3.67. The summed E-state index contributed by atoms with van der Waals surface area (Å²) >= 11 is 0. The predicted molar refractivity (Wildman–Crippen MR) is 44.9 cm³/mol. The maximum atomic E-state index is 11.0. The molecule has 0 saturated carbocycles. The van der Waals surface area contributed by atoms with Crippen molar-refractivity contribution in [3.63, 3.8) is 0 Å². The second-order valence-corrected chi connectivity index (χ2v) is 6.85. The molecular weight excluding hydrogens is 147 g/mol. The molecule has 0 bridgehead atoms. The van der Waals surface area contributed by atoms with Gasteiger partial charge in [0.1, 0.15) is 0 Å².